The predicted octanol–water partition coefficient (Wildman–Crippen LogP) is 3.84. The number of para-hydroxylation sites is 1. The van der Waals surface area contributed by atoms with Crippen LogP contribution in [0.1, 0.15) is 10.4 Å². The minimum atomic E-state index is -0.184. The third-order valence-electron chi connectivity index (χ3n) is 2.71. The van der Waals surface area contributed by atoms with Crippen LogP contribution in [0.25, 0.3) is 11.1 Å². The number of carbonyl (C=O) groups excluding carboxylic acids is 1. The molecule has 5 heteroatoms. The highest BCUT2D eigenvalue weighted by Crippen LogP contribution is 2.22. The van der Waals surface area contributed by atoms with Gasteiger partial charge in [-0.1, -0.05) is 12.1 Å². The number of halogens is 1. The normalized spacial score (nSPS) is 10.6. The lowest BCUT2D eigenvalue weighted by molar-refractivity contribution is 0.102. The van der Waals surface area contributed by atoms with E-state index < -0.39 is 0 Å². The molecule has 2 aromatic carbocycles. The maximum absolute atomic E-state index is 12.1. The number of amides is 1. The Balaban J connectivity index is 1.89. The van der Waals surface area contributed by atoms with Gasteiger partial charge in [-0.2, -0.15) is 0 Å². The molecule has 94 valence electrons. The number of hydrogen-bond donors (Lipinski definition) is 1. The summed E-state index contributed by atoms with van der Waals surface area (Å²) in [6, 6.07) is 12.6. The number of anilines is 1. The van der Waals surface area contributed by atoms with Crippen LogP contribution >= 0.6 is 15.9 Å². The van der Waals surface area contributed by atoms with Gasteiger partial charge in [0.1, 0.15) is 5.52 Å². The summed E-state index contributed by atoms with van der Waals surface area (Å²) >= 11 is 3.39. The average molecular weight is 317 g/mol. The van der Waals surface area contributed by atoms with Crippen molar-refractivity contribution in [1.82, 2.24) is 4.98 Å². The lowest BCUT2D eigenvalue weighted by Crippen LogP contribution is -2.12. The molecule has 19 heavy (non-hydrogen) atoms. The van der Waals surface area contributed by atoms with Gasteiger partial charge in [-0.3, -0.25) is 4.79 Å². The largest absolute Gasteiger partial charge is 0.443 e. The summed E-state index contributed by atoms with van der Waals surface area (Å²) in [5, 5.41) is 2.84. The number of carbonyl (C=O) groups is 1. The zero-order valence-corrected chi connectivity index (χ0v) is 11.3. The van der Waals surface area contributed by atoms with Gasteiger partial charge in [0.15, 0.2) is 12.0 Å². The summed E-state index contributed by atoms with van der Waals surface area (Å²) in [5.74, 6) is -0.184. The smallest absolute Gasteiger partial charge is 0.255 e. The molecule has 0 aliphatic carbocycles. The maximum atomic E-state index is 12.1. The Kier molecular flexibility index (Phi) is 3.05. The van der Waals surface area contributed by atoms with E-state index in [1.807, 2.05) is 24.3 Å². The minimum Gasteiger partial charge on any atom is -0.443 e. The van der Waals surface area contributed by atoms with Crippen molar-refractivity contribution in [3.05, 3.63) is 58.9 Å². The van der Waals surface area contributed by atoms with E-state index in [4.69, 9.17) is 4.42 Å². The molecule has 0 aliphatic heterocycles. The summed E-state index contributed by atoms with van der Waals surface area (Å²) in [6.45, 7) is 0. The van der Waals surface area contributed by atoms with Crippen molar-refractivity contribution in [2.75, 3.05) is 5.32 Å². The Hall–Kier alpha value is -2.14. The third kappa shape index (κ3) is 2.37. The van der Waals surface area contributed by atoms with Gasteiger partial charge >= 0.3 is 0 Å². The van der Waals surface area contributed by atoms with Crippen LogP contribution in [0.2, 0.25) is 0 Å². The first kappa shape index (κ1) is 11.9. The summed E-state index contributed by atoms with van der Waals surface area (Å²) in [5.41, 5.74) is 2.60. The van der Waals surface area contributed by atoms with Crippen LogP contribution in [0.3, 0.4) is 0 Å². The van der Waals surface area contributed by atoms with Crippen molar-refractivity contribution in [3.8, 4) is 0 Å². The zero-order chi connectivity index (χ0) is 13.2. The fourth-order valence-electron chi connectivity index (χ4n) is 1.76. The van der Waals surface area contributed by atoms with Gasteiger partial charge < -0.3 is 9.73 Å². The Morgan fingerprint density at radius 1 is 1.21 bits per heavy atom. The van der Waals surface area contributed by atoms with Crippen molar-refractivity contribution >= 4 is 38.6 Å². The molecule has 0 radical (unpaired) electrons. The average Bonchev–Trinajstić information content (AvgIpc) is 2.88. The van der Waals surface area contributed by atoms with Crippen molar-refractivity contribution in [3.63, 3.8) is 0 Å². The molecular weight excluding hydrogens is 308 g/mol. The van der Waals surface area contributed by atoms with Crippen molar-refractivity contribution < 1.29 is 9.21 Å². The van der Waals surface area contributed by atoms with E-state index in [9.17, 15) is 4.79 Å². The fraction of sp³-hybridized carbons (Fsp3) is 0. The number of nitrogens with one attached hydrogen (secondary N) is 1. The molecule has 0 saturated heterocycles. The van der Waals surface area contributed by atoms with Crippen molar-refractivity contribution in [2.45, 2.75) is 0 Å². The molecule has 3 aromatic rings. The molecule has 0 spiro atoms. The molecule has 4 nitrogen and oxygen atoms in total. The highest BCUT2D eigenvalue weighted by molar-refractivity contribution is 9.10. The predicted molar refractivity (Wildman–Crippen MR) is 76.1 cm³/mol. The van der Waals surface area contributed by atoms with Crippen LogP contribution < -0.4 is 5.32 Å². The van der Waals surface area contributed by atoms with Gasteiger partial charge in [0.25, 0.3) is 5.91 Å². The van der Waals surface area contributed by atoms with Crippen LogP contribution in [0.4, 0.5) is 5.69 Å². The Morgan fingerprint density at radius 2 is 2.05 bits per heavy atom. The second-order valence-electron chi connectivity index (χ2n) is 3.97. The van der Waals surface area contributed by atoms with Gasteiger partial charge in [0.05, 0.1) is 5.69 Å². The number of hydrogen-bond acceptors (Lipinski definition) is 3. The van der Waals surface area contributed by atoms with E-state index >= 15 is 0 Å². The van der Waals surface area contributed by atoms with Gasteiger partial charge in [-0.05, 0) is 46.3 Å². The highest BCUT2D eigenvalue weighted by Gasteiger charge is 2.09. The molecule has 1 aromatic heterocycles. The van der Waals surface area contributed by atoms with Gasteiger partial charge in [0.2, 0.25) is 0 Å². The first-order valence-corrected chi connectivity index (χ1v) is 6.42. The summed E-state index contributed by atoms with van der Waals surface area (Å²) in [6.07, 6.45) is 1.36. The lowest BCUT2D eigenvalue weighted by atomic mass is 10.2. The molecule has 0 bridgehead atoms. The van der Waals surface area contributed by atoms with E-state index in [-0.39, 0.29) is 5.91 Å². The Labute approximate surface area is 117 Å². The fourth-order valence-corrected chi connectivity index (χ4v) is 2.14. The van der Waals surface area contributed by atoms with Crippen LogP contribution in [-0.2, 0) is 0 Å². The summed E-state index contributed by atoms with van der Waals surface area (Å²) in [4.78, 5) is 16.2. The van der Waals surface area contributed by atoms with Gasteiger partial charge in [-0.25, -0.2) is 4.98 Å². The van der Waals surface area contributed by atoms with E-state index in [0.29, 0.717) is 16.7 Å². The highest BCUT2D eigenvalue weighted by atomic mass is 79.9. The quantitative estimate of drug-likeness (QED) is 0.781. The van der Waals surface area contributed by atoms with Crippen LogP contribution in [0.5, 0.6) is 0 Å². The van der Waals surface area contributed by atoms with Crippen LogP contribution in [0, 0.1) is 0 Å². The second-order valence-corrected chi connectivity index (χ2v) is 4.82. The van der Waals surface area contributed by atoms with E-state index in [0.717, 1.165) is 10.2 Å². The molecule has 1 amide bonds. The minimum absolute atomic E-state index is 0.184. The van der Waals surface area contributed by atoms with Gasteiger partial charge in [0, 0.05) is 10.0 Å². The first-order valence-electron chi connectivity index (χ1n) is 5.63. The van der Waals surface area contributed by atoms with E-state index in [1.165, 1.54) is 6.39 Å². The number of rotatable bonds is 2. The molecular formula is C14H9BrN2O2. The number of oxazole rings is 1. The SMILES string of the molecule is O=C(Nc1ccccc1Br)c1ccc2ocnc2c1. The third-order valence-corrected chi connectivity index (χ3v) is 3.41. The molecule has 0 unspecified atom stereocenters. The Morgan fingerprint density at radius 3 is 2.89 bits per heavy atom. The molecule has 0 fully saturated rings. The summed E-state index contributed by atoms with van der Waals surface area (Å²) < 4.78 is 5.98. The topological polar surface area (TPSA) is 55.1 Å². The van der Waals surface area contributed by atoms with Crippen LogP contribution in [0.15, 0.2) is 57.7 Å². The monoisotopic (exact) mass is 316 g/mol. The first-order chi connectivity index (χ1) is 9.24. The standard InChI is InChI=1S/C14H9BrN2O2/c15-10-3-1-2-4-11(10)17-14(18)9-5-6-13-12(7-9)16-8-19-13/h1-8H,(H,17,18). The zero-order valence-electron chi connectivity index (χ0n) is 9.76. The second kappa shape index (κ2) is 4.85. The summed E-state index contributed by atoms with van der Waals surface area (Å²) in [7, 11) is 0. The Bertz CT molecular complexity index is 752. The maximum Gasteiger partial charge on any atom is 0.255 e. The number of benzene rings is 2. The number of nitrogens with zero attached hydrogens (tertiary/aromatic N) is 1. The van der Waals surface area contributed by atoms with E-state index in [2.05, 4.69) is 26.2 Å². The lowest BCUT2D eigenvalue weighted by Gasteiger charge is -2.06. The molecule has 0 saturated carbocycles. The van der Waals surface area contributed by atoms with Gasteiger partial charge in [-0.15, -0.1) is 0 Å². The van der Waals surface area contributed by atoms with Crippen LogP contribution in [-0.4, -0.2) is 10.9 Å². The van der Waals surface area contributed by atoms with Crippen molar-refractivity contribution in [2.24, 2.45) is 0 Å². The molecule has 1 heterocycles. The van der Waals surface area contributed by atoms with E-state index in [1.54, 1.807) is 18.2 Å². The molecule has 1 N–H and O–H groups in total. The number of aromatic nitrogens is 1. The molecule has 0 atom stereocenters. The number of fused-ring (bicyclic) bond motifs is 1. The van der Waals surface area contributed by atoms with Crippen molar-refractivity contribution in [1.29, 1.82) is 0 Å². The molecule has 3 rings (SSSR count). The molecule has 0 aliphatic rings.